The number of anilines is 1. The fourth-order valence-corrected chi connectivity index (χ4v) is 2.71. The highest BCUT2D eigenvalue weighted by Crippen LogP contribution is 2.28. The van der Waals surface area contributed by atoms with Gasteiger partial charge in [-0.15, -0.1) is 0 Å². The minimum Gasteiger partial charge on any atom is -0.490 e. The number of nitrogens with one attached hydrogen (secondary N) is 3. The topological polar surface area (TPSA) is 118 Å². The third kappa shape index (κ3) is 7.46. The van der Waals surface area contributed by atoms with Gasteiger partial charge in [0.1, 0.15) is 0 Å². The summed E-state index contributed by atoms with van der Waals surface area (Å²) < 4.78 is 11.2. The second kappa shape index (κ2) is 11.3. The molecule has 0 fully saturated rings. The number of hydrogen-bond donors (Lipinski definition) is 3. The zero-order valence-electron chi connectivity index (χ0n) is 17.9. The standard InChI is InChI=1S/C22H26N4O5/c1-5-30-19-11-16(12-24-26-22(29)21(28)23-4)6-7-18(19)31-13-20(27)25-17-9-14(2)8-15(3)10-17/h6-12H,5,13H2,1-4H3,(H,23,28)(H,25,27)(H,26,29)/b24-12-. The van der Waals surface area contributed by atoms with Gasteiger partial charge < -0.3 is 20.1 Å². The lowest BCUT2D eigenvalue weighted by molar-refractivity contribution is -0.138. The molecule has 0 radical (unpaired) electrons. The van der Waals surface area contributed by atoms with Gasteiger partial charge in [0.25, 0.3) is 5.91 Å². The van der Waals surface area contributed by atoms with Crippen LogP contribution in [0, 0.1) is 13.8 Å². The van der Waals surface area contributed by atoms with Gasteiger partial charge in [0.2, 0.25) is 0 Å². The number of ether oxygens (including phenoxy) is 2. The van der Waals surface area contributed by atoms with Crippen LogP contribution in [0.5, 0.6) is 11.5 Å². The lowest BCUT2D eigenvalue weighted by Crippen LogP contribution is -2.35. The van der Waals surface area contributed by atoms with Crippen molar-refractivity contribution < 1.29 is 23.9 Å². The van der Waals surface area contributed by atoms with Crippen LogP contribution < -0.4 is 25.5 Å². The third-order valence-corrected chi connectivity index (χ3v) is 3.94. The molecule has 9 heteroatoms. The predicted molar refractivity (Wildman–Crippen MR) is 117 cm³/mol. The molecule has 0 spiro atoms. The molecule has 31 heavy (non-hydrogen) atoms. The Morgan fingerprint density at radius 2 is 1.68 bits per heavy atom. The molecular formula is C22H26N4O5. The van der Waals surface area contributed by atoms with E-state index in [1.54, 1.807) is 18.2 Å². The highest BCUT2D eigenvalue weighted by molar-refractivity contribution is 6.35. The van der Waals surface area contributed by atoms with Gasteiger partial charge >= 0.3 is 11.8 Å². The summed E-state index contributed by atoms with van der Waals surface area (Å²) in [5.41, 5.74) is 5.54. The van der Waals surface area contributed by atoms with E-state index in [9.17, 15) is 14.4 Å². The minimum atomic E-state index is -0.876. The molecule has 2 aromatic carbocycles. The van der Waals surface area contributed by atoms with Crippen molar-refractivity contribution in [2.24, 2.45) is 5.10 Å². The zero-order valence-corrected chi connectivity index (χ0v) is 17.9. The lowest BCUT2D eigenvalue weighted by atomic mass is 10.1. The number of aryl methyl sites for hydroxylation is 2. The SMILES string of the molecule is CCOc1cc(/C=N\NC(=O)C(=O)NC)ccc1OCC(=O)Nc1cc(C)cc(C)c1. The van der Waals surface area contributed by atoms with Gasteiger partial charge in [-0.3, -0.25) is 14.4 Å². The van der Waals surface area contributed by atoms with E-state index in [-0.39, 0.29) is 12.5 Å². The first kappa shape index (κ1) is 23.4. The largest absolute Gasteiger partial charge is 0.490 e. The summed E-state index contributed by atoms with van der Waals surface area (Å²) in [7, 11) is 1.35. The van der Waals surface area contributed by atoms with Crippen LogP contribution in [0.15, 0.2) is 41.5 Å². The Balaban J connectivity index is 2.01. The first-order chi connectivity index (χ1) is 14.8. The number of nitrogens with zero attached hydrogens (tertiary/aromatic N) is 1. The summed E-state index contributed by atoms with van der Waals surface area (Å²) in [6.45, 7) is 5.94. The number of carbonyl (C=O) groups is 3. The van der Waals surface area contributed by atoms with Crippen LogP contribution in [0.2, 0.25) is 0 Å². The van der Waals surface area contributed by atoms with Crippen LogP contribution in [0.1, 0.15) is 23.6 Å². The van der Waals surface area contributed by atoms with Crippen LogP contribution in [-0.4, -0.2) is 44.2 Å². The second-order valence-electron chi connectivity index (χ2n) is 6.63. The number of hydrazone groups is 1. The van der Waals surface area contributed by atoms with Crippen molar-refractivity contribution in [3.8, 4) is 11.5 Å². The van der Waals surface area contributed by atoms with E-state index in [2.05, 4.69) is 21.2 Å². The van der Waals surface area contributed by atoms with E-state index in [0.29, 0.717) is 29.4 Å². The minimum absolute atomic E-state index is 0.192. The van der Waals surface area contributed by atoms with E-state index in [1.165, 1.54) is 13.3 Å². The summed E-state index contributed by atoms with van der Waals surface area (Å²) in [4.78, 5) is 34.8. The quantitative estimate of drug-likeness (QED) is 0.339. The fourth-order valence-electron chi connectivity index (χ4n) is 2.71. The molecule has 0 aliphatic heterocycles. The Morgan fingerprint density at radius 3 is 2.32 bits per heavy atom. The maximum Gasteiger partial charge on any atom is 0.329 e. The first-order valence-electron chi connectivity index (χ1n) is 9.65. The summed E-state index contributed by atoms with van der Waals surface area (Å²) in [5, 5.41) is 8.74. The zero-order chi connectivity index (χ0) is 22.8. The van der Waals surface area contributed by atoms with Crippen LogP contribution in [-0.2, 0) is 14.4 Å². The van der Waals surface area contributed by atoms with Gasteiger partial charge in [-0.2, -0.15) is 5.10 Å². The molecule has 2 rings (SSSR count). The molecule has 0 aromatic heterocycles. The number of benzene rings is 2. The Morgan fingerprint density at radius 1 is 0.968 bits per heavy atom. The molecule has 3 amide bonds. The molecule has 164 valence electrons. The van der Waals surface area contributed by atoms with Crippen molar-refractivity contribution in [2.75, 3.05) is 25.6 Å². The smallest absolute Gasteiger partial charge is 0.329 e. The molecule has 0 saturated heterocycles. The van der Waals surface area contributed by atoms with E-state index < -0.39 is 11.8 Å². The number of carbonyl (C=O) groups excluding carboxylic acids is 3. The predicted octanol–water partition coefficient (Wildman–Crippen LogP) is 1.92. The normalized spacial score (nSPS) is 10.5. The van der Waals surface area contributed by atoms with E-state index in [0.717, 1.165) is 11.1 Å². The molecule has 0 aliphatic rings. The number of hydrogen-bond acceptors (Lipinski definition) is 6. The van der Waals surface area contributed by atoms with Gasteiger partial charge in [0.05, 0.1) is 12.8 Å². The van der Waals surface area contributed by atoms with Gasteiger partial charge in [-0.1, -0.05) is 6.07 Å². The van der Waals surface area contributed by atoms with Crippen LogP contribution in [0.4, 0.5) is 5.69 Å². The molecule has 0 atom stereocenters. The molecule has 0 bridgehead atoms. The van der Waals surface area contributed by atoms with Gasteiger partial charge in [-0.25, -0.2) is 5.43 Å². The molecule has 0 aliphatic carbocycles. The van der Waals surface area contributed by atoms with Crippen molar-refractivity contribution >= 4 is 29.6 Å². The average Bonchev–Trinajstić information content (AvgIpc) is 2.72. The number of amides is 3. The summed E-state index contributed by atoms with van der Waals surface area (Å²) >= 11 is 0. The Kier molecular flexibility index (Phi) is 8.56. The molecule has 0 heterocycles. The van der Waals surface area contributed by atoms with Gasteiger partial charge in [0, 0.05) is 12.7 Å². The molecule has 2 aromatic rings. The molecule has 0 saturated carbocycles. The lowest BCUT2D eigenvalue weighted by Gasteiger charge is -2.13. The van der Waals surface area contributed by atoms with E-state index in [4.69, 9.17) is 9.47 Å². The van der Waals surface area contributed by atoms with Gasteiger partial charge in [0.15, 0.2) is 18.1 Å². The monoisotopic (exact) mass is 426 g/mol. The van der Waals surface area contributed by atoms with Crippen molar-refractivity contribution in [1.82, 2.24) is 10.7 Å². The van der Waals surface area contributed by atoms with Crippen molar-refractivity contribution in [3.05, 3.63) is 53.1 Å². The molecule has 0 unspecified atom stereocenters. The van der Waals surface area contributed by atoms with Crippen LogP contribution in [0.25, 0.3) is 0 Å². The maximum absolute atomic E-state index is 12.3. The number of likely N-dealkylation sites (N-methyl/N-ethyl adjacent to an activating group) is 1. The van der Waals surface area contributed by atoms with Crippen LogP contribution >= 0.6 is 0 Å². The summed E-state index contributed by atoms with van der Waals surface area (Å²) in [6, 6.07) is 10.7. The first-order valence-corrected chi connectivity index (χ1v) is 9.65. The fraction of sp³-hybridized carbons (Fsp3) is 0.273. The average molecular weight is 426 g/mol. The van der Waals surface area contributed by atoms with Crippen LogP contribution in [0.3, 0.4) is 0 Å². The van der Waals surface area contributed by atoms with Crippen molar-refractivity contribution in [1.29, 1.82) is 0 Å². The highest BCUT2D eigenvalue weighted by Gasteiger charge is 2.11. The Hall–Kier alpha value is -3.88. The second-order valence-corrected chi connectivity index (χ2v) is 6.63. The maximum atomic E-state index is 12.3. The van der Waals surface area contributed by atoms with Crippen molar-refractivity contribution in [3.63, 3.8) is 0 Å². The highest BCUT2D eigenvalue weighted by atomic mass is 16.5. The van der Waals surface area contributed by atoms with Crippen molar-refractivity contribution in [2.45, 2.75) is 20.8 Å². The summed E-state index contributed by atoms with van der Waals surface area (Å²) in [6.07, 6.45) is 1.36. The molecule has 3 N–H and O–H groups in total. The Labute approximate surface area is 180 Å². The molecular weight excluding hydrogens is 400 g/mol. The number of rotatable bonds is 8. The third-order valence-electron chi connectivity index (χ3n) is 3.94. The molecule has 9 nitrogen and oxygen atoms in total. The summed E-state index contributed by atoms with van der Waals surface area (Å²) in [5.74, 6) is -1.16. The Bertz CT molecular complexity index is 968. The van der Waals surface area contributed by atoms with E-state index in [1.807, 2.05) is 39.0 Å². The van der Waals surface area contributed by atoms with Gasteiger partial charge in [-0.05, 0) is 67.8 Å². The van der Waals surface area contributed by atoms with E-state index >= 15 is 0 Å².